The number of nitrogens with zero attached hydrogens (tertiary/aromatic N) is 1. The van der Waals surface area contributed by atoms with Crippen LogP contribution in [-0.4, -0.2) is 4.57 Å². The first-order valence-corrected chi connectivity index (χ1v) is 20.4. The van der Waals surface area contributed by atoms with Crippen molar-refractivity contribution >= 4 is 64.9 Å². The third-order valence-corrected chi connectivity index (χ3v) is 12.4. The number of benzene rings is 11. The lowest BCUT2D eigenvalue weighted by atomic mass is 9.86. The van der Waals surface area contributed by atoms with Gasteiger partial charge in [-0.2, -0.15) is 0 Å². The predicted octanol–water partition coefficient (Wildman–Crippen LogP) is 16.1. The van der Waals surface area contributed by atoms with E-state index in [1.165, 1.54) is 109 Å². The molecule has 0 radical (unpaired) electrons. The Labute approximate surface area is 342 Å². The van der Waals surface area contributed by atoms with Crippen LogP contribution in [0.3, 0.4) is 0 Å². The molecule has 1 aromatic heterocycles. The van der Waals surface area contributed by atoms with Gasteiger partial charge in [0, 0.05) is 21.8 Å². The summed E-state index contributed by atoms with van der Waals surface area (Å²) >= 11 is 0. The van der Waals surface area contributed by atoms with E-state index in [-0.39, 0.29) is 0 Å². The summed E-state index contributed by atoms with van der Waals surface area (Å²) in [7, 11) is 0. The highest BCUT2D eigenvalue weighted by Crippen LogP contribution is 2.46. The molecule has 0 fully saturated rings. The SMILES string of the molecule is c1ccc(-c2ccccc2-c2cccc3c2ccc2c3c3ccc4ccccc4c3n2-c2ccc(-c3c4ccccc4c(-c4ccccc4)c4ccccc34)cc2)cc1. The number of fused-ring (bicyclic) bond motifs is 9. The molecule has 0 amide bonds. The Balaban J connectivity index is 1.09. The Morgan fingerprint density at radius 2 is 0.746 bits per heavy atom. The Bertz CT molecular complexity index is 3520. The van der Waals surface area contributed by atoms with Crippen molar-refractivity contribution in [3.05, 3.63) is 224 Å². The minimum atomic E-state index is 1.14. The molecular weight excluding hydrogens is 711 g/mol. The standard InChI is InChI=1S/C58H37N/c1-3-16-38(17-4-1)43-21-9-10-23-45(43)46-28-15-29-48-47(46)36-37-54-57(48)53-35-32-39-18-7-8-22-44(39)58(53)59(54)42-33-30-41(31-34-42)56-51-26-13-11-24-49(51)55(40-19-5-2-6-20-40)50-25-12-14-27-52(50)56/h1-37H. The normalized spacial score (nSPS) is 11.7. The van der Waals surface area contributed by atoms with Gasteiger partial charge in [-0.25, -0.2) is 0 Å². The molecule has 11 aromatic carbocycles. The van der Waals surface area contributed by atoms with Crippen molar-refractivity contribution in [1.82, 2.24) is 4.57 Å². The van der Waals surface area contributed by atoms with Gasteiger partial charge in [0.25, 0.3) is 0 Å². The summed E-state index contributed by atoms with van der Waals surface area (Å²) in [6.07, 6.45) is 0. The Hall–Kier alpha value is -7.74. The third-order valence-electron chi connectivity index (χ3n) is 12.4. The molecule has 0 N–H and O–H groups in total. The molecule has 0 aliphatic rings. The lowest BCUT2D eigenvalue weighted by Crippen LogP contribution is -1.95. The van der Waals surface area contributed by atoms with E-state index < -0.39 is 0 Å². The average molecular weight is 748 g/mol. The largest absolute Gasteiger partial charge is 0.309 e. The average Bonchev–Trinajstić information content (AvgIpc) is 3.66. The minimum absolute atomic E-state index is 1.14. The molecule has 12 rings (SSSR count). The van der Waals surface area contributed by atoms with Crippen LogP contribution in [0.4, 0.5) is 0 Å². The second kappa shape index (κ2) is 13.4. The zero-order valence-corrected chi connectivity index (χ0v) is 32.3. The smallest absolute Gasteiger partial charge is 0.0619 e. The molecule has 0 atom stereocenters. The molecular formula is C58H37N. The quantitative estimate of drug-likeness (QED) is 0.155. The first-order valence-electron chi connectivity index (χ1n) is 20.4. The molecule has 1 nitrogen and oxygen atoms in total. The maximum absolute atomic E-state index is 2.50. The summed E-state index contributed by atoms with van der Waals surface area (Å²) in [5.41, 5.74) is 13.5. The van der Waals surface area contributed by atoms with Gasteiger partial charge in [-0.1, -0.05) is 206 Å². The maximum atomic E-state index is 2.50. The molecule has 274 valence electrons. The van der Waals surface area contributed by atoms with E-state index in [2.05, 4.69) is 229 Å². The van der Waals surface area contributed by atoms with Gasteiger partial charge in [-0.15, -0.1) is 0 Å². The highest BCUT2D eigenvalue weighted by Gasteiger charge is 2.21. The second-order valence-corrected chi connectivity index (χ2v) is 15.5. The van der Waals surface area contributed by atoms with Crippen molar-refractivity contribution in [2.75, 3.05) is 0 Å². The first kappa shape index (κ1) is 33.4. The van der Waals surface area contributed by atoms with Crippen LogP contribution in [0.2, 0.25) is 0 Å². The molecule has 1 heteroatoms. The van der Waals surface area contributed by atoms with Gasteiger partial charge in [0.15, 0.2) is 0 Å². The summed E-state index contributed by atoms with van der Waals surface area (Å²) in [6.45, 7) is 0. The van der Waals surface area contributed by atoms with Crippen LogP contribution in [0.15, 0.2) is 224 Å². The number of rotatable bonds is 5. The molecule has 12 aromatic rings. The van der Waals surface area contributed by atoms with Crippen LogP contribution in [0.1, 0.15) is 0 Å². The maximum Gasteiger partial charge on any atom is 0.0619 e. The lowest BCUT2D eigenvalue weighted by Gasteiger charge is -2.18. The fourth-order valence-corrected chi connectivity index (χ4v) is 9.86. The third kappa shape index (κ3) is 5.18. The van der Waals surface area contributed by atoms with E-state index in [0.717, 1.165) is 5.69 Å². The van der Waals surface area contributed by atoms with E-state index in [1.54, 1.807) is 0 Å². The van der Waals surface area contributed by atoms with Crippen molar-refractivity contribution < 1.29 is 0 Å². The van der Waals surface area contributed by atoms with E-state index in [9.17, 15) is 0 Å². The Morgan fingerprint density at radius 1 is 0.254 bits per heavy atom. The molecule has 0 unspecified atom stereocenters. The number of aromatic nitrogens is 1. The van der Waals surface area contributed by atoms with Crippen LogP contribution in [0.25, 0.3) is 115 Å². The number of hydrogen-bond acceptors (Lipinski definition) is 0. The van der Waals surface area contributed by atoms with Crippen molar-refractivity contribution in [3.63, 3.8) is 0 Å². The Kier molecular flexibility index (Phi) is 7.61. The van der Waals surface area contributed by atoms with Crippen molar-refractivity contribution in [2.24, 2.45) is 0 Å². The van der Waals surface area contributed by atoms with Gasteiger partial charge in [0.1, 0.15) is 0 Å². The molecule has 0 aliphatic heterocycles. The summed E-state index contributed by atoms with van der Waals surface area (Å²) in [5.74, 6) is 0. The summed E-state index contributed by atoms with van der Waals surface area (Å²) in [6, 6.07) is 82.4. The van der Waals surface area contributed by atoms with Crippen LogP contribution in [0.5, 0.6) is 0 Å². The van der Waals surface area contributed by atoms with Crippen LogP contribution in [0, 0.1) is 0 Å². The molecule has 1 heterocycles. The van der Waals surface area contributed by atoms with Gasteiger partial charge >= 0.3 is 0 Å². The fraction of sp³-hybridized carbons (Fsp3) is 0. The van der Waals surface area contributed by atoms with E-state index in [1.807, 2.05) is 0 Å². The number of hydrogen-bond donors (Lipinski definition) is 0. The zero-order valence-electron chi connectivity index (χ0n) is 32.3. The van der Waals surface area contributed by atoms with Gasteiger partial charge in [0.05, 0.1) is 11.0 Å². The van der Waals surface area contributed by atoms with Gasteiger partial charge in [-0.3, -0.25) is 0 Å². The van der Waals surface area contributed by atoms with E-state index in [4.69, 9.17) is 0 Å². The minimum Gasteiger partial charge on any atom is -0.309 e. The Morgan fingerprint density at radius 3 is 1.41 bits per heavy atom. The molecule has 0 spiro atoms. The summed E-state index contributed by atoms with van der Waals surface area (Å²) in [5, 5.41) is 12.6. The van der Waals surface area contributed by atoms with Crippen molar-refractivity contribution in [2.45, 2.75) is 0 Å². The molecule has 0 saturated carbocycles. The molecule has 0 saturated heterocycles. The van der Waals surface area contributed by atoms with Crippen molar-refractivity contribution in [3.8, 4) is 50.2 Å². The van der Waals surface area contributed by atoms with Crippen molar-refractivity contribution in [1.29, 1.82) is 0 Å². The predicted molar refractivity (Wildman–Crippen MR) is 253 cm³/mol. The van der Waals surface area contributed by atoms with E-state index in [0.29, 0.717) is 0 Å². The summed E-state index contributed by atoms with van der Waals surface area (Å²) < 4.78 is 2.50. The van der Waals surface area contributed by atoms with E-state index >= 15 is 0 Å². The highest BCUT2D eigenvalue weighted by atomic mass is 15.0. The monoisotopic (exact) mass is 747 g/mol. The van der Waals surface area contributed by atoms with Crippen LogP contribution in [-0.2, 0) is 0 Å². The zero-order chi connectivity index (χ0) is 38.9. The van der Waals surface area contributed by atoms with Gasteiger partial charge < -0.3 is 4.57 Å². The first-order chi connectivity index (χ1) is 29.3. The molecule has 0 aliphatic carbocycles. The topological polar surface area (TPSA) is 4.93 Å². The highest BCUT2D eigenvalue weighted by molar-refractivity contribution is 6.27. The van der Waals surface area contributed by atoms with Crippen LogP contribution < -0.4 is 0 Å². The second-order valence-electron chi connectivity index (χ2n) is 15.5. The molecule has 59 heavy (non-hydrogen) atoms. The van der Waals surface area contributed by atoms with Gasteiger partial charge in [-0.05, 0) is 100 Å². The molecule has 0 bridgehead atoms. The van der Waals surface area contributed by atoms with Gasteiger partial charge in [0.2, 0.25) is 0 Å². The lowest BCUT2D eigenvalue weighted by molar-refractivity contribution is 1.19. The summed E-state index contributed by atoms with van der Waals surface area (Å²) in [4.78, 5) is 0. The fourth-order valence-electron chi connectivity index (χ4n) is 9.86. The van der Waals surface area contributed by atoms with Crippen LogP contribution >= 0.6 is 0 Å².